The van der Waals surface area contributed by atoms with Crippen molar-refractivity contribution in [2.24, 2.45) is 23.7 Å². The maximum Gasteiger partial charge on any atom is 0.231 e. The number of benzene rings is 5. The van der Waals surface area contributed by atoms with E-state index >= 15 is 0 Å². The van der Waals surface area contributed by atoms with Crippen molar-refractivity contribution in [2.75, 3.05) is 20.0 Å². The number of hydrogen-bond acceptors (Lipinski definition) is 5. The normalized spacial score (nSPS) is 12.3. The summed E-state index contributed by atoms with van der Waals surface area (Å²) in [7, 11) is 0. The Bertz CT molecular complexity index is 1710. The Morgan fingerprint density at radius 1 is 0.351 bits per heavy atom. The number of ether oxygens (including phenoxy) is 4. The van der Waals surface area contributed by atoms with E-state index in [0.29, 0.717) is 20.0 Å². The molecule has 3 aliphatic rings. The molecule has 0 spiro atoms. The molecule has 0 amide bonds. The van der Waals surface area contributed by atoms with Crippen LogP contribution in [0.1, 0.15) is 101 Å². The van der Waals surface area contributed by atoms with E-state index in [1.165, 1.54) is 30.0 Å². The second kappa shape index (κ2) is 27.7. The fourth-order valence-corrected chi connectivity index (χ4v) is 5.03. The lowest BCUT2D eigenvalue weighted by Crippen LogP contribution is -2.14. The summed E-state index contributed by atoms with van der Waals surface area (Å²) < 4.78 is 26.4. The predicted molar refractivity (Wildman–Crippen MR) is 244 cm³/mol. The summed E-state index contributed by atoms with van der Waals surface area (Å²) in [6.07, 6.45) is 3.96. The van der Waals surface area contributed by atoms with E-state index in [0.717, 1.165) is 57.8 Å². The molecule has 0 fully saturated rings. The fraction of sp³-hybridized carbons (Fsp3) is 0.423. The molecule has 0 atom stereocenters. The molecule has 0 unspecified atom stereocenters. The molecule has 0 N–H and O–H groups in total. The molecule has 3 heterocycles. The molecule has 9 rings (SSSR count). The second-order valence-electron chi connectivity index (χ2n) is 16.6. The van der Waals surface area contributed by atoms with Gasteiger partial charge in [0.2, 0.25) is 6.79 Å². The van der Waals surface area contributed by atoms with Gasteiger partial charge in [0.25, 0.3) is 0 Å². The molecule has 0 bridgehead atoms. The number of aryl methyl sites for hydroxylation is 2. The number of rotatable bonds is 0. The van der Waals surface area contributed by atoms with E-state index in [1.807, 2.05) is 84.9 Å². The highest BCUT2D eigenvalue weighted by molar-refractivity contribution is 6.04. The molecule has 0 saturated carbocycles. The number of fused-ring (bicyclic) bond motifs is 6. The minimum Gasteiger partial charge on any atom is -0.486 e. The van der Waals surface area contributed by atoms with Crippen LogP contribution < -0.4 is 18.9 Å². The lowest BCUT2D eigenvalue weighted by molar-refractivity contribution is 0.171. The highest BCUT2D eigenvalue weighted by Gasteiger charge is 2.10. The Morgan fingerprint density at radius 2 is 0.632 bits per heavy atom. The van der Waals surface area contributed by atoms with Crippen molar-refractivity contribution in [3.05, 3.63) is 132 Å². The van der Waals surface area contributed by atoms with Gasteiger partial charge in [0.15, 0.2) is 23.0 Å². The minimum absolute atomic E-state index is 0.360. The first-order valence-corrected chi connectivity index (χ1v) is 20.9. The zero-order valence-electron chi connectivity index (χ0n) is 37.1. The Balaban J connectivity index is 0.000000235. The van der Waals surface area contributed by atoms with Gasteiger partial charge in [-0.15, -0.1) is 0 Å². The monoisotopic (exact) mass is 777 g/mol. The van der Waals surface area contributed by atoms with Crippen molar-refractivity contribution in [3.63, 3.8) is 0 Å². The van der Waals surface area contributed by atoms with Gasteiger partial charge in [-0.1, -0.05) is 168 Å². The molecule has 5 aromatic carbocycles. The van der Waals surface area contributed by atoms with E-state index in [-0.39, 0.29) is 0 Å². The van der Waals surface area contributed by atoms with Gasteiger partial charge in [-0.05, 0) is 90.5 Å². The van der Waals surface area contributed by atoms with Crippen LogP contribution >= 0.6 is 0 Å². The van der Waals surface area contributed by atoms with Gasteiger partial charge in [-0.3, -0.25) is 0 Å². The molecular weight excluding hydrogens is 705 g/mol. The molecule has 0 radical (unpaired) electrons. The standard InChI is InChI=1S/C12H8O.C9H10.C8H8O2.C7H6O2.4C4H10/c1-3-7-11-9(5-1)10-6-2-4-8-12(10)13-11;1-2-5-9-7-3-6-8(9)4-1;1-2-4-8-7(3-1)9-5-6-10-8;1-2-4-7-6(3-1)8-5-9-7;4*1-4(2)3/h1-8H;1-2,4-5H,3,6-7H2;1-4H,5-6H2;1-4H,5H2;4*4H,1-3H3. The molecule has 1 aromatic heterocycles. The van der Waals surface area contributed by atoms with Crippen LogP contribution in [0, 0.1) is 23.7 Å². The molecule has 2 aliphatic heterocycles. The van der Waals surface area contributed by atoms with Crippen molar-refractivity contribution >= 4 is 21.9 Å². The summed E-state index contributed by atoms with van der Waals surface area (Å²) in [6, 6.07) is 40.3. The molecule has 5 nitrogen and oxygen atoms in total. The maximum atomic E-state index is 5.65. The smallest absolute Gasteiger partial charge is 0.231 e. The third kappa shape index (κ3) is 20.7. The average molecular weight is 777 g/mol. The molecule has 310 valence electrons. The first kappa shape index (κ1) is 48.2. The Morgan fingerprint density at radius 3 is 0.982 bits per heavy atom. The molecule has 6 aromatic rings. The summed E-state index contributed by atoms with van der Waals surface area (Å²) in [5.74, 6) is 6.73. The number of hydrogen-bond donors (Lipinski definition) is 0. The highest BCUT2D eigenvalue weighted by Crippen LogP contribution is 2.31. The molecule has 0 saturated heterocycles. The van der Waals surface area contributed by atoms with E-state index in [4.69, 9.17) is 23.4 Å². The quantitative estimate of drug-likeness (QED) is 0.154. The molecule has 1 aliphatic carbocycles. The van der Waals surface area contributed by atoms with Crippen molar-refractivity contribution in [2.45, 2.75) is 102 Å². The summed E-state index contributed by atoms with van der Waals surface area (Å²) in [6.45, 7) is 27.7. The van der Waals surface area contributed by atoms with E-state index in [1.54, 1.807) is 11.1 Å². The summed E-state index contributed by atoms with van der Waals surface area (Å²) in [5, 5.41) is 2.39. The Hall–Kier alpha value is -4.90. The van der Waals surface area contributed by atoms with Crippen LogP contribution in [0.5, 0.6) is 23.0 Å². The van der Waals surface area contributed by atoms with Crippen LogP contribution in [0.15, 0.2) is 126 Å². The zero-order valence-corrected chi connectivity index (χ0v) is 37.1. The van der Waals surface area contributed by atoms with Gasteiger partial charge >= 0.3 is 0 Å². The van der Waals surface area contributed by atoms with Gasteiger partial charge in [-0.25, -0.2) is 0 Å². The van der Waals surface area contributed by atoms with E-state index < -0.39 is 0 Å². The van der Waals surface area contributed by atoms with Crippen molar-refractivity contribution < 1.29 is 23.4 Å². The predicted octanol–water partition coefficient (Wildman–Crippen LogP) is 15.3. The minimum atomic E-state index is 0.360. The molecular formula is C52H72O5. The fourth-order valence-electron chi connectivity index (χ4n) is 5.03. The third-order valence-corrected chi connectivity index (χ3v) is 7.02. The van der Waals surface area contributed by atoms with Crippen LogP contribution in [-0.4, -0.2) is 20.0 Å². The summed E-state index contributed by atoms with van der Waals surface area (Å²) >= 11 is 0. The second-order valence-corrected chi connectivity index (χ2v) is 16.6. The maximum absolute atomic E-state index is 5.65. The average Bonchev–Trinajstić information content (AvgIpc) is 3.94. The molecule has 57 heavy (non-hydrogen) atoms. The summed E-state index contributed by atoms with van der Waals surface area (Å²) in [4.78, 5) is 0. The summed E-state index contributed by atoms with van der Waals surface area (Å²) in [5.41, 5.74) is 5.06. The van der Waals surface area contributed by atoms with Gasteiger partial charge in [0.05, 0.1) is 0 Å². The lowest BCUT2D eigenvalue weighted by atomic mass is 10.1. The van der Waals surface area contributed by atoms with Crippen LogP contribution in [0.25, 0.3) is 21.9 Å². The zero-order chi connectivity index (χ0) is 42.0. The third-order valence-electron chi connectivity index (χ3n) is 7.02. The lowest BCUT2D eigenvalue weighted by Gasteiger charge is -2.17. The first-order chi connectivity index (χ1) is 27.3. The SMILES string of the molecule is CC(C)C.CC(C)C.CC(C)C.CC(C)C.c1ccc2c(c1)CCC2.c1ccc2c(c1)OCCO2.c1ccc2c(c1)OCO2.c1ccc2c(c1)oc1ccccc12. The van der Waals surface area contributed by atoms with Gasteiger partial charge < -0.3 is 23.4 Å². The first-order valence-electron chi connectivity index (χ1n) is 20.9. The number of furan rings is 1. The Labute approximate surface area is 345 Å². The van der Waals surface area contributed by atoms with Crippen LogP contribution in [-0.2, 0) is 12.8 Å². The topological polar surface area (TPSA) is 50.1 Å². The van der Waals surface area contributed by atoms with Crippen LogP contribution in [0.2, 0.25) is 0 Å². The van der Waals surface area contributed by atoms with Gasteiger partial charge in [-0.2, -0.15) is 0 Å². The van der Waals surface area contributed by atoms with Gasteiger partial charge in [0.1, 0.15) is 24.4 Å². The van der Waals surface area contributed by atoms with E-state index in [9.17, 15) is 0 Å². The largest absolute Gasteiger partial charge is 0.486 e. The Kier molecular flexibility index (Phi) is 23.4. The van der Waals surface area contributed by atoms with Gasteiger partial charge in [0, 0.05) is 10.8 Å². The number of para-hydroxylation sites is 6. The van der Waals surface area contributed by atoms with Crippen molar-refractivity contribution in [1.82, 2.24) is 0 Å². The van der Waals surface area contributed by atoms with Crippen molar-refractivity contribution in [1.29, 1.82) is 0 Å². The van der Waals surface area contributed by atoms with Crippen LogP contribution in [0.3, 0.4) is 0 Å². The van der Waals surface area contributed by atoms with E-state index in [2.05, 4.69) is 119 Å². The van der Waals surface area contributed by atoms with Crippen molar-refractivity contribution in [3.8, 4) is 23.0 Å². The highest BCUT2D eigenvalue weighted by atomic mass is 16.7. The molecule has 5 heteroatoms. The van der Waals surface area contributed by atoms with Crippen LogP contribution in [0.4, 0.5) is 0 Å².